The van der Waals surface area contributed by atoms with Gasteiger partial charge in [0, 0.05) is 108 Å². The second-order valence-electron chi connectivity index (χ2n) is 33.2. The molecule has 6 aromatic rings. The fourth-order valence-electron chi connectivity index (χ4n) is 15.4. The number of nitrogens with zero attached hydrogens (tertiary/aromatic N) is 5. The van der Waals surface area contributed by atoms with E-state index in [0.29, 0.717) is 69.4 Å². The lowest BCUT2D eigenvalue weighted by atomic mass is 9.95. The summed E-state index contributed by atoms with van der Waals surface area (Å²) in [6.07, 6.45) is 1.90. The molecule has 2 aliphatic heterocycles. The zero-order valence-corrected chi connectivity index (χ0v) is 74.4. The number of H-pyrrole nitrogens is 1. The highest BCUT2D eigenvalue weighted by Gasteiger charge is 2.44. The maximum absolute atomic E-state index is 15.5. The fourth-order valence-corrected chi connectivity index (χ4v) is 16.2. The smallest absolute Gasteiger partial charge is 0.305 e. The number of thioether (sulfide) groups is 1. The Morgan fingerprint density at radius 1 is 0.592 bits per heavy atom. The maximum atomic E-state index is 15.5. The van der Waals surface area contributed by atoms with Gasteiger partial charge in [0.15, 0.2) is 0 Å². The lowest BCUT2D eigenvalue weighted by molar-refractivity contribution is -0.150. The van der Waals surface area contributed by atoms with E-state index in [0.717, 1.165) is 36.7 Å². The van der Waals surface area contributed by atoms with Crippen LogP contribution in [0.2, 0.25) is 0 Å². The number of amides is 15. The number of likely N-dealkylation sites (N-methyl/N-ethyl adjacent to an activating group) is 4. The number of anilines is 1. The van der Waals surface area contributed by atoms with Crippen LogP contribution in [-0.2, 0) is 109 Å². The Morgan fingerprint density at radius 2 is 1.18 bits per heavy atom. The number of carboxylic acid groups (broad SMARTS) is 1. The summed E-state index contributed by atoms with van der Waals surface area (Å²) in [6.45, 7) is 5.80. The number of aromatic hydroxyl groups is 2. The maximum Gasteiger partial charge on any atom is 0.305 e. The number of fused-ring (bicyclic) bond motifs is 5. The summed E-state index contributed by atoms with van der Waals surface area (Å²) in [5.41, 5.74) is 7.63. The van der Waals surface area contributed by atoms with Crippen LogP contribution < -0.4 is 58.5 Å². The minimum Gasteiger partial charge on any atom is -0.508 e. The summed E-state index contributed by atoms with van der Waals surface area (Å²) in [7, 11) is 4.97. The first-order chi connectivity index (χ1) is 61.7. The number of nitrogens with two attached hydrogens (primary N) is 1. The van der Waals surface area contributed by atoms with Gasteiger partial charge in [0.25, 0.3) is 5.91 Å². The van der Waals surface area contributed by atoms with Gasteiger partial charge in [0.1, 0.15) is 95.8 Å². The molecule has 11 atom stereocenters. The third-order valence-corrected chi connectivity index (χ3v) is 23.4. The van der Waals surface area contributed by atoms with E-state index < -0.39 is 234 Å². The average molecular weight is 1820 g/mol. The molecule has 0 radical (unpaired) electrons. The fraction of sp³-hybridized carbons (Fsp3) is 0.413. The van der Waals surface area contributed by atoms with Crippen molar-refractivity contribution in [3.8, 4) is 11.5 Å². The highest BCUT2D eigenvalue weighted by Crippen LogP contribution is 2.33. The number of benzene rings is 5. The number of carboxylic acids is 1. The average Bonchev–Trinajstić information content (AvgIpc) is 1.08. The van der Waals surface area contributed by atoms with E-state index in [-0.39, 0.29) is 62.1 Å². The van der Waals surface area contributed by atoms with Crippen molar-refractivity contribution in [1.29, 1.82) is 0 Å². The number of phenolic OH excluding ortho intramolecular Hbond substituents is 2. The van der Waals surface area contributed by atoms with Crippen molar-refractivity contribution in [3.63, 3.8) is 0 Å². The number of primary amides is 1. The van der Waals surface area contributed by atoms with Gasteiger partial charge in [-0.3, -0.25) is 76.7 Å². The number of carbonyl (C=O) groups is 16. The molecule has 35 nitrogen and oxygen atoms in total. The Hall–Kier alpha value is -13.8. The molecule has 1 aromatic heterocycles. The van der Waals surface area contributed by atoms with Gasteiger partial charge in [0.2, 0.25) is 82.7 Å². The summed E-state index contributed by atoms with van der Waals surface area (Å²) in [6, 6.07) is 17.2. The van der Waals surface area contributed by atoms with Gasteiger partial charge in [0.05, 0.1) is 31.0 Å². The first kappa shape index (κ1) is 100.0. The van der Waals surface area contributed by atoms with Crippen LogP contribution in [0.3, 0.4) is 0 Å². The van der Waals surface area contributed by atoms with E-state index >= 15 is 47.1 Å². The number of halogens is 2. The second kappa shape index (κ2) is 46.8. The number of unbranched alkanes of at least 4 members (excludes halogenated alkanes) is 1. The number of rotatable bonds is 20. The van der Waals surface area contributed by atoms with Crippen molar-refractivity contribution in [2.75, 3.05) is 64.2 Å². The molecule has 9 rings (SSSR count). The van der Waals surface area contributed by atoms with Crippen LogP contribution in [-0.4, -0.2) is 254 Å². The molecule has 3 aliphatic rings. The quantitative estimate of drug-likeness (QED) is 0.0488. The second-order valence-corrected chi connectivity index (χ2v) is 34.3. The molecule has 2 bridgehead atoms. The van der Waals surface area contributed by atoms with Crippen molar-refractivity contribution < 1.29 is 101 Å². The number of aromatic amines is 1. The van der Waals surface area contributed by atoms with E-state index in [4.69, 9.17) is 5.73 Å². The number of hydrogen-bond donors (Lipinski definition) is 14. The van der Waals surface area contributed by atoms with E-state index in [1.165, 1.54) is 70.7 Å². The minimum absolute atomic E-state index is 0.0193. The molecule has 694 valence electrons. The Kier molecular flexibility index (Phi) is 36.0. The highest BCUT2D eigenvalue weighted by atomic mass is 32.2. The Balaban J connectivity index is 1.12. The van der Waals surface area contributed by atoms with Crippen LogP contribution in [0.1, 0.15) is 101 Å². The van der Waals surface area contributed by atoms with Gasteiger partial charge in [-0.15, -0.1) is 11.8 Å². The monoisotopic (exact) mass is 1810 g/mol. The van der Waals surface area contributed by atoms with Crippen molar-refractivity contribution in [2.24, 2.45) is 23.5 Å². The summed E-state index contributed by atoms with van der Waals surface area (Å²) in [5, 5.41) is 55.6. The van der Waals surface area contributed by atoms with Crippen molar-refractivity contribution in [3.05, 3.63) is 197 Å². The van der Waals surface area contributed by atoms with Crippen LogP contribution >= 0.6 is 11.8 Å². The number of aromatic nitrogens is 1. The van der Waals surface area contributed by atoms with Gasteiger partial charge in [-0.25, -0.2) is 8.78 Å². The molecular weight excluding hydrogens is 1700 g/mol. The number of para-hydroxylation sites is 1. The topological polar surface area (TPSA) is 500 Å². The largest absolute Gasteiger partial charge is 0.508 e. The third kappa shape index (κ3) is 28.1. The summed E-state index contributed by atoms with van der Waals surface area (Å²) in [5.74, 6) is -22.5. The van der Waals surface area contributed by atoms with Crippen LogP contribution in [0.25, 0.3) is 10.9 Å². The molecular formula is C92H112F2N16O19S. The normalized spacial score (nSPS) is 23.1. The highest BCUT2D eigenvalue weighted by molar-refractivity contribution is 8.00. The zero-order chi connectivity index (χ0) is 94.9. The molecule has 5 aromatic carbocycles. The third-order valence-electron chi connectivity index (χ3n) is 22.3. The molecule has 0 saturated carbocycles. The van der Waals surface area contributed by atoms with Crippen molar-refractivity contribution in [2.45, 2.75) is 166 Å². The standard InChI is InChI=1S/C92H112F2N16O19S/c1-10-11-26-72-90(127)106(6)47-77(114)99-68(44-80(117)118)86(123)105-81(52(4)5)92(129)108(8)74(38-53-20-14-12-15-21-53)87(124)103-70-40-57-29-32-62(112)43-73(57)110(89(70)126)48-78(115)98-67(41-58-45-96-64-25-19-18-24-63(58)64)85(122)102-66(36-55-27-30-61(111)31-28-55)84(121)101-65(33-51(2)3)83(120)104-71(82(119)97-46-76(95)113)49-130-50-79(116)100-69(37-56-34-59(93)42-60(94)35-56)88(125)109(9)75(91(128)107(72)7)39-54-22-16-13-17-23-54/h12-25,27-32,34,37,42-43,45,51-52,56,65-68,70-72,74-75,81,96,111-112H,10-11,26,33,35-36,38-41,44,46-50H2,1-9H3,(H2,95,113)(H,97,119)(H,98,115)(H,99,114)(H,100,116)(H,101,121)(H,102,122)(H,103,124)(H,104,120)(H,105,123)(H,117,118)/b69-37+/t56?,65?,66-,67-,68-,70-,71-,72-,74?,75-,81-/m0/s1. The van der Waals surface area contributed by atoms with Crippen LogP contribution in [0.15, 0.2) is 169 Å². The lowest BCUT2D eigenvalue weighted by Gasteiger charge is -2.37. The van der Waals surface area contributed by atoms with E-state index in [2.05, 4.69) is 52.8 Å². The van der Waals surface area contributed by atoms with E-state index in [9.17, 15) is 53.7 Å². The number of allylic oxidation sites excluding steroid dienone is 5. The van der Waals surface area contributed by atoms with Gasteiger partial charge >= 0.3 is 5.97 Å². The van der Waals surface area contributed by atoms with E-state index in [1.807, 2.05) is 0 Å². The number of nitrogens with one attached hydrogen (secondary N) is 10. The van der Waals surface area contributed by atoms with E-state index in [1.54, 1.807) is 126 Å². The first-order valence-electron chi connectivity index (χ1n) is 42.6. The molecule has 15 N–H and O–H groups in total. The first-order valence-corrected chi connectivity index (χ1v) is 43.7. The predicted molar refractivity (Wildman–Crippen MR) is 477 cm³/mol. The predicted octanol–water partition coefficient (Wildman–Crippen LogP) is 3.21. The Morgan fingerprint density at radius 3 is 1.81 bits per heavy atom. The lowest BCUT2D eigenvalue weighted by Crippen LogP contribution is -2.62. The van der Waals surface area contributed by atoms with Gasteiger partial charge in [-0.05, 0) is 88.9 Å². The van der Waals surface area contributed by atoms with Gasteiger partial charge in [-0.1, -0.05) is 145 Å². The van der Waals surface area contributed by atoms with Crippen LogP contribution in [0.5, 0.6) is 11.5 Å². The number of carbonyl (C=O) groups excluding carboxylic acids is 15. The van der Waals surface area contributed by atoms with Gasteiger partial charge in [-0.2, -0.15) is 0 Å². The molecule has 130 heavy (non-hydrogen) atoms. The Bertz CT molecular complexity index is 5270. The van der Waals surface area contributed by atoms with Crippen molar-refractivity contribution >= 4 is 123 Å². The SMILES string of the molecule is CCCC[C@H]1C(=O)N(C)CC(=O)N[C@@H](CC(=O)O)C(=O)N[C@@H](C(C)C)C(=O)N(C)C(Cc2ccccc2)C(=O)N[C@H]2Cc3ccc(O)cc3N(CC(=O)N[C@@H](Cc3c[nH]c4ccccc34)C(=O)N[C@@H](Cc3ccc(O)cc3)C(=O)NC(CC(C)C)C(=O)N[C@H](C(=O)NCC(N)=O)CSCC(=O)N/C(=C/C3C=C(F)C=C(F)C3)C(=O)N(C)[C@@H](Cc3ccccc3)C(=O)N1C)C2=O. The Labute approximate surface area is 754 Å². The molecule has 3 unspecified atom stereocenters. The van der Waals surface area contributed by atoms with Crippen LogP contribution in [0, 0.1) is 17.8 Å². The molecule has 1 saturated heterocycles. The number of aliphatic carboxylic acids is 1. The zero-order valence-electron chi connectivity index (χ0n) is 73.6. The number of phenols is 2. The molecule has 15 amide bonds. The minimum atomic E-state index is -1.94. The molecule has 1 aliphatic carbocycles. The summed E-state index contributed by atoms with van der Waals surface area (Å²) < 4.78 is 30.3. The molecule has 38 heteroatoms. The van der Waals surface area contributed by atoms with Gasteiger partial charge < -0.3 is 98.4 Å². The van der Waals surface area contributed by atoms with Crippen LogP contribution in [0.4, 0.5) is 14.5 Å². The molecule has 0 spiro atoms. The molecule has 1 fully saturated rings. The molecule has 3 heterocycles. The summed E-state index contributed by atoms with van der Waals surface area (Å²) >= 11 is 0.700. The number of hydrogen-bond acceptors (Lipinski definition) is 19. The summed E-state index contributed by atoms with van der Waals surface area (Å²) in [4.78, 5) is 243. The van der Waals surface area contributed by atoms with Crippen molar-refractivity contribution in [1.82, 2.24) is 72.4 Å².